The van der Waals surface area contributed by atoms with Crippen LogP contribution in [0, 0.1) is 13.8 Å². The van der Waals surface area contributed by atoms with Crippen molar-refractivity contribution in [1.29, 1.82) is 0 Å². The molecule has 0 amide bonds. The molecule has 0 aliphatic carbocycles. The van der Waals surface area contributed by atoms with Crippen molar-refractivity contribution in [2.45, 2.75) is 13.8 Å². The number of para-hydroxylation sites is 6. The molecule has 0 fully saturated rings. The molecule has 30 aromatic rings. The number of aromatic nitrogens is 6. The van der Waals surface area contributed by atoms with Gasteiger partial charge in [-0.1, -0.05) is 352 Å². The lowest BCUT2D eigenvalue weighted by atomic mass is 9.89. The van der Waals surface area contributed by atoms with Crippen LogP contribution >= 0.6 is 0 Å². The molecular weight excluding hydrogens is 1690 g/mol. The first-order chi connectivity index (χ1) is 69.3. The first-order valence-electron chi connectivity index (χ1n) is 48.5. The molecule has 6 nitrogen and oxygen atoms in total. The Labute approximate surface area is 806 Å². The Bertz CT molecular complexity index is 9590. The largest absolute Gasteiger partial charge is 0.309 e. The Kier molecular flexibility index (Phi) is 17.6. The van der Waals surface area contributed by atoms with Crippen molar-refractivity contribution in [3.05, 3.63) is 496 Å². The monoisotopic (exact) mass is 1780 g/mol. The fourth-order valence-electron chi connectivity index (χ4n) is 24.3. The van der Waals surface area contributed by atoms with E-state index in [1.807, 2.05) is 0 Å². The van der Waals surface area contributed by atoms with Gasteiger partial charge in [0.1, 0.15) is 0 Å². The lowest BCUT2D eigenvalue weighted by Gasteiger charge is -2.18. The van der Waals surface area contributed by atoms with Crippen molar-refractivity contribution in [1.82, 2.24) is 27.4 Å². The van der Waals surface area contributed by atoms with E-state index in [0.29, 0.717) is 0 Å². The zero-order valence-electron chi connectivity index (χ0n) is 76.9. The average molecular weight is 1780 g/mol. The fraction of sp³-hybridized carbons (Fsp3) is 0.0149. The third-order valence-electron chi connectivity index (χ3n) is 30.2. The highest BCUT2D eigenvalue weighted by molar-refractivity contribution is 6.37. The molecule has 0 saturated carbocycles. The molecule has 0 radical (unpaired) electrons. The Morgan fingerprint density at radius 3 is 0.693 bits per heavy atom. The maximum atomic E-state index is 2.54. The summed E-state index contributed by atoms with van der Waals surface area (Å²) >= 11 is 0. The molecule has 6 aromatic heterocycles. The molecule has 30 rings (SSSR count). The van der Waals surface area contributed by atoms with Crippen LogP contribution in [-0.2, 0) is 0 Å². The first-order valence-corrected chi connectivity index (χ1v) is 48.5. The summed E-state index contributed by atoms with van der Waals surface area (Å²) in [6.07, 6.45) is 0. The van der Waals surface area contributed by atoms with E-state index in [1.165, 1.54) is 252 Å². The quantitative estimate of drug-likeness (QED) is 0.109. The summed E-state index contributed by atoms with van der Waals surface area (Å²) in [6.45, 7) is 4.62. The molecule has 140 heavy (non-hydrogen) atoms. The number of hydrogen-bond donors (Lipinski definition) is 0. The molecule has 0 bridgehead atoms. The molecular formula is C134H86N6. The molecule has 24 aromatic carbocycles. The van der Waals surface area contributed by atoms with Crippen LogP contribution in [0.4, 0.5) is 0 Å². The standard InChI is InChI=1S/C70H46N4.C64H40N2/c1-43-59-41-47-29-40-58-66-48(42-60-44(2)68(46-19-7-4-8-20-46)74(70(58)60)52-37-33-50(34-38-52)72-63-27-15-11-23-55(63)56-24-12-16-28-64(56)72)30-39-57(65(47)66)69(59)73(67(43)45-17-5-3-6-18-45)51-35-31-49(32-36-51)71-61-25-13-9-21-53(61)54-22-10-14-26-62(54)71;1-5-19-43(20-6-1)59-55-39-47-33-36-54-58-48(34-35-53(57(47)58)63(55)65(51-25-9-3-10-26-51)61(59)49-31-29-41-17-13-15-23-45(41)37-49)40-56-60(44-21-7-2-8-22-44)62(66(64(54)56)52-27-11-4-12-28-52)50-32-30-42-18-14-16-24-46(42)38-50/h3-42H,1-2H3;1-40H. The van der Waals surface area contributed by atoms with E-state index in [9.17, 15) is 0 Å². The van der Waals surface area contributed by atoms with Gasteiger partial charge in [0.25, 0.3) is 0 Å². The van der Waals surface area contributed by atoms with E-state index < -0.39 is 0 Å². The molecule has 6 heteroatoms. The van der Waals surface area contributed by atoms with Gasteiger partial charge in [-0.15, -0.1) is 0 Å². The Hall–Kier alpha value is -18.4. The molecule has 652 valence electrons. The third kappa shape index (κ3) is 11.8. The van der Waals surface area contributed by atoms with Crippen LogP contribution < -0.4 is 0 Å². The summed E-state index contributed by atoms with van der Waals surface area (Å²) in [5.74, 6) is 0. The van der Waals surface area contributed by atoms with Gasteiger partial charge in [-0.2, -0.15) is 0 Å². The minimum absolute atomic E-state index is 1.13. The van der Waals surface area contributed by atoms with Crippen LogP contribution in [0.2, 0.25) is 0 Å². The Morgan fingerprint density at radius 1 is 0.136 bits per heavy atom. The van der Waals surface area contributed by atoms with Crippen LogP contribution in [0.3, 0.4) is 0 Å². The summed E-state index contributed by atoms with van der Waals surface area (Å²) in [4.78, 5) is 0. The van der Waals surface area contributed by atoms with Crippen molar-refractivity contribution in [3.8, 4) is 101 Å². The van der Waals surface area contributed by atoms with Gasteiger partial charge in [0.05, 0.1) is 66.9 Å². The van der Waals surface area contributed by atoms with E-state index in [0.717, 1.165) is 34.1 Å². The number of fused-ring (bicyclic) bond motifs is 16. The molecule has 6 heterocycles. The normalized spacial score (nSPS) is 12.1. The maximum Gasteiger partial charge on any atom is 0.0620 e. The predicted molar refractivity (Wildman–Crippen MR) is 593 cm³/mol. The van der Waals surface area contributed by atoms with Gasteiger partial charge in [-0.05, 0) is 256 Å². The van der Waals surface area contributed by atoms with Gasteiger partial charge in [0, 0.05) is 110 Å². The minimum Gasteiger partial charge on any atom is -0.309 e. The van der Waals surface area contributed by atoms with Gasteiger partial charge >= 0.3 is 0 Å². The minimum atomic E-state index is 1.13. The van der Waals surface area contributed by atoms with Crippen molar-refractivity contribution >= 4 is 173 Å². The first kappa shape index (κ1) is 79.1. The number of rotatable bonds is 12. The molecule has 0 unspecified atom stereocenters. The molecule has 0 spiro atoms. The molecule has 0 N–H and O–H groups in total. The second-order valence-corrected chi connectivity index (χ2v) is 37.7. The SMILES string of the molecule is Cc1c(-c2ccccc2)n(-c2ccc(-n3c4ccccc4c4ccccc43)cc2)c2c1cc1ccc3c4c(ccc2c14)cc1c(C)c(-c2ccccc2)n(-c2ccc(-n4c5ccccc5c5ccccc54)cc2)c13.c1ccc(-c2c(-c3ccc4ccccc4c3)n(-c3ccccc3)c3c2cc2ccc4c5c(ccc3c25)cc2c(-c3ccccc3)c(-c3ccc5ccccc5c3)n(-c3ccccc3)c24)cc1. The highest BCUT2D eigenvalue weighted by Gasteiger charge is 2.32. The zero-order chi connectivity index (χ0) is 92.1. The van der Waals surface area contributed by atoms with Gasteiger partial charge in [0.15, 0.2) is 0 Å². The van der Waals surface area contributed by atoms with E-state index in [1.54, 1.807) is 0 Å². The lowest BCUT2D eigenvalue weighted by Crippen LogP contribution is -2.00. The smallest absolute Gasteiger partial charge is 0.0620 e. The number of aryl methyl sites for hydroxylation is 2. The van der Waals surface area contributed by atoms with Crippen molar-refractivity contribution in [2.75, 3.05) is 0 Å². The van der Waals surface area contributed by atoms with E-state index in [4.69, 9.17) is 0 Å². The van der Waals surface area contributed by atoms with Gasteiger partial charge < -0.3 is 27.4 Å². The van der Waals surface area contributed by atoms with E-state index in [2.05, 4.69) is 527 Å². The van der Waals surface area contributed by atoms with Crippen molar-refractivity contribution in [2.24, 2.45) is 0 Å². The van der Waals surface area contributed by atoms with Crippen LogP contribution in [-0.4, -0.2) is 27.4 Å². The number of hydrogen-bond acceptors (Lipinski definition) is 0. The predicted octanol–water partition coefficient (Wildman–Crippen LogP) is 36.1. The highest BCUT2D eigenvalue weighted by Crippen LogP contribution is 2.55. The van der Waals surface area contributed by atoms with Crippen LogP contribution in [0.15, 0.2) is 485 Å². The summed E-state index contributed by atoms with van der Waals surface area (Å²) in [5, 5.41) is 30.1. The number of benzene rings is 24. The summed E-state index contributed by atoms with van der Waals surface area (Å²) < 4.78 is 15.0. The second-order valence-electron chi connectivity index (χ2n) is 37.7. The van der Waals surface area contributed by atoms with Crippen molar-refractivity contribution < 1.29 is 0 Å². The van der Waals surface area contributed by atoms with Gasteiger partial charge in [-0.25, -0.2) is 0 Å². The number of nitrogens with zero attached hydrogens (tertiary/aromatic N) is 6. The molecule has 0 aliphatic heterocycles. The summed E-state index contributed by atoms with van der Waals surface area (Å²) in [5.41, 5.74) is 33.5. The maximum absolute atomic E-state index is 2.54. The van der Waals surface area contributed by atoms with E-state index in [-0.39, 0.29) is 0 Å². The van der Waals surface area contributed by atoms with Gasteiger partial charge in [0.2, 0.25) is 0 Å². The second kappa shape index (κ2) is 31.1. The summed E-state index contributed by atoms with van der Waals surface area (Å²) in [6, 6.07) is 179. The van der Waals surface area contributed by atoms with Crippen LogP contribution in [0.25, 0.3) is 275 Å². The molecule has 0 atom stereocenters. The van der Waals surface area contributed by atoms with Crippen LogP contribution in [0.5, 0.6) is 0 Å². The fourth-order valence-corrected chi connectivity index (χ4v) is 24.3. The van der Waals surface area contributed by atoms with Crippen LogP contribution in [0.1, 0.15) is 11.1 Å². The Morgan fingerprint density at radius 2 is 0.371 bits per heavy atom. The third-order valence-corrected chi connectivity index (χ3v) is 30.2. The zero-order valence-corrected chi connectivity index (χ0v) is 76.9. The Balaban J connectivity index is 0.000000135. The topological polar surface area (TPSA) is 29.6 Å². The lowest BCUT2D eigenvalue weighted by molar-refractivity contribution is 1.11. The summed E-state index contributed by atoms with van der Waals surface area (Å²) in [7, 11) is 0. The average Bonchev–Trinajstić information content (AvgIpc) is 1.51. The molecule has 0 saturated heterocycles. The molecule has 0 aliphatic rings. The van der Waals surface area contributed by atoms with E-state index >= 15 is 0 Å². The van der Waals surface area contributed by atoms with Crippen molar-refractivity contribution in [3.63, 3.8) is 0 Å². The highest BCUT2D eigenvalue weighted by atomic mass is 15.0. The van der Waals surface area contributed by atoms with Gasteiger partial charge in [-0.3, -0.25) is 0 Å².